The first-order valence-electron chi connectivity index (χ1n) is 2.16. The van der Waals surface area contributed by atoms with Crippen molar-refractivity contribution in [3.8, 4) is 0 Å². The van der Waals surface area contributed by atoms with Crippen LogP contribution in [0, 0.1) is 0 Å². The molecule has 0 aromatic carbocycles. The fraction of sp³-hybridized carbons (Fsp3) is 0. The lowest BCUT2D eigenvalue weighted by molar-refractivity contribution is -1.92. The van der Waals surface area contributed by atoms with Gasteiger partial charge in [0.2, 0.25) is 0 Å². The van der Waals surface area contributed by atoms with E-state index in [-0.39, 0.29) is 18.5 Å². The molecule has 118 valence electrons. The van der Waals surface area contributed by atoms with Crippen molar-refractivity contribution in [2.75, 3.05) is 0 Å². The molecule has 0 amide bonds. The minimum atomic E-state index is -5.69. The molecular weight excluding hydrogens is 425 g/mol. The molecule has 0 aromatic rings. The highest BCUT2D eigenvalue weighted by molar-refractivity contribution is 7.83. The second-order valence-electron chi connectivity index (χ2n) is 1.39. The van der Waals surface area contributed by atoms with Gasteiger partial charge in [-0.3, -0.25) is 19.4 Å². The Labute approximate surface area is 108 Å². The van der Waals surface area contributed by atoms with Crippen LogP contribution in [-0.2, 0) is 29.5 Å². The monoisotopic (exact) mass is 437 g/mol. The third-order valence-electron chi connectivity index (χ3n) is 0.200. The van der Waals surface area contributed by atoms with E-state index in [4.69, 9.17) is 22.8 Å². The van der Waals surface area contributed by atoms with Crippen LogP contribution < -0.4 is 48.9 Å². The van der Waals surface area contributed by atoms with Gasteiger partial charge in [0.1, 0.15) is 0 Å². The summed E-state index contributed by atoms with van der Waals surface area (Å²) in [5.41, 5.74) is 0. The molecule has 0 aliphatic carbocycles. The lowest BCUT2D eigenvalue weighted by Crippen LogP contribution is -4.23. The van der Waals surface area contributed by atoms with Gasteiger partial charge in [-0.25, -0.2) is 0 Å². The quantitative estimate of drug-likeness (QED) is 0.103. The highest BCUT2D eigenvalue weighted by atomic mass is 127. The lowest BCUT2D eigenvalue weighted by atomic mass is 14.0. The van der Waals surface area contributed by atoms with E-state index < -0.39 is 40.9 Å². The van der Waals surface area contributed by atoms with E-state index in [1.54, 1.807) is 0 Å². The Morgan fingerprint density at radius 1 is 0.778 bits per heavy atom. The molecule has 18 heavy (non-hydrogen) atoms. The topological polar surface area (TPSA) is 322 Å². The highest BCUT2D eigenvalue weighted by Gasteiger charge is 2.13. The van der Waals surface area contributed by atoms with Gasteiger partial charge in [0.25, 0.3) is 0 Å². The molecule has 0 aliphatic rings. The second kappa shape index (κ2) is 11.1. The normalized spacial score (nSPS) is 10.8. The van der Waals surface area contributed by atoms with Crippen molar-refractivity contribution in [3.05, 3.63) is 0 Å². The van der Waals surface area contributed by atoms with E-state index in [1.807, 2.05) is 0 Å². The molecule has 0 radical (unpaired) electrons. The molecule has 0 bridgehead atoms. The third-order valence-corrected chi connectivity index (χ3v) is 0.766. The van der Waals surface area contributed by atoms with Crippen LogP contribution in [-0.4, -0.2) is 29.4 Å². The summed E-state index contributed by atoms with van der Waals surface area (Å²) in [6.45, 7) is 0. The van der Waals surface area contributed by atoms with Crippen LogP contribution in [0.2, 0.25) is 0 Å². The van der Waals surface area contributed by atoms with E-state index >= 15 is 0 Å². The van der Waals surface area contributed by atoms with Crippen LogP contribution in [0.5, 0.6) is 0 Å². The van der Waals surface area contributed by atoms with Gasteiger partial charge in [0.05, 0.1) is 0 Å². The molecule has 0 unspecified atom stereocenters. The van der Waals surface area contributed by atoms with Crippen LogP contribution >= 0.6 is 0 Å². The van der Waals surface area contributed by atoms with Crippen molar-refractivity contribution in [1.29, 1.82) is 0 Å². The Hall–Kier alpha value is 0.190. The van der Waals surface area contributed by atoms with Gasteiger partial charge in [-0.1, -0.05) is 8.67 Å². The molecule has 0 saturated carbocycles. The van der Waals surface area contributed by atoms with E-state index in [0.29, 0.717) is 0 Å². The first kappa shape index (κ1) is 30.9. The predicted octanol–water partition coefficient (Wildman–Crippen LogP) is -8.09. The van der Waals surface area contributed by atoms with Gasteiger partial charge in [-0.2, -0.15) is 16.8 Å². The summed E-state index contributed by atoms with van der Waals surface area (Å²) in [6, 6.07) is 0. The van der Waals surface area contributed by atoms with Gasteiger partial charge < -0.3 is 18.5 Å². The fourth-order valence-corrected chi connectivity index (χ4v) is 0.632. The third kappa shape index (κ3) is 72.3. The summed E-state index contributed by atoms with van der Waals surface area (Å²) in [5.74, 6) is 0. The summed E-state index contributed by atoms with van der Waals surface area (Å²) in [7, 11) is -10.0. The maximum Gasteiger partial charge on any atom is 0.425 e. The van der Waals surface area contributed by atoms with Gasteiger partial charge in [0, 0.05) is 3.44 Å². The minimum absolute atomic E-state index is 0. The van der Waals surface area contributed by atoms with Crippen molar-refractivity contribution >= 4 is 20.8 Å². The number of hydrogen-bond donors (Lipinski definition) is 6. The van der Waals surface area contributed by atoms with Gasteiger partial charge in [-0.05, 0) is 0 Å². The van der Waals surface area contributed by atoms with Crippen molar-refractivity contribution in [1.82, 2.24) is 18.5 Å². The Morgan fingerprint density at radius 3 is 0.944 bits per heavy atom. The summed E-state index contributed by atoms with van der Waals surface area (Å²) in [5, 5.41) is 0. The first-order chi connectivity index (χ1) is 6.21. The van der Waals surface area contributed by atoms with Crippen LogP contribution in [0.3, 0.4) is 0 Å². The molecule has 15 nitrogen and oxygen atoms in total. The van der Waals surface area contributed by atoms with Crippen molar-refractivity contribution in [2.45, 2.75) is 0 Å². The molecule has 12 N–H and O–H groups in total. The van der Waals surface area contributed by atoms with Crippen LogP contribution in [0.15, 0.2) is 0 Å². The van der Waals surface area contributed by atoms with E-state index in [2.05, 4.69) is 8.67 Å². The Bertz CT molecular complexity index is 325. The second-order valence-corrected chi connectivity index (χ2v) is 5.63. The summed E-state index contributed by atoms with van der Waals surface area (Å²) in [4.78, 5) is 0. The maximum atomic E-state index is 9.51. The molecular formula is H12IN3O12S2. The van der Waals surface area contributed by atoms with E-state index in [9.17, 15) is 16.8 Å². The number of halogens is 1. The molecule has 0 fully saturated rings. The largest absolute Gasteiger partial charge is 0.425 e. The predicted molar refractivity (Wildman–Crippen MR) is 42.6 cm³/mol. The molecule has 0 saturated heterocycles. The van der Waals surface area contributed by atoms with Crippen LogP contribution in [0.25, 0.3) is 0 Å². The van der Waals surface area contributed by atoms with Crippen molar-refractivity contribution < 1.29 is 68.4 Å². The first-order valence-corrected chi connectivity index (χ1v) is 8.50. The fourth-order valence-electron chi connectivity index (χ4n) is 0.0702. The zero-order valence-electron chi connectivity index (χ0n) is 8.33. The Morgan fingerprint density at radius 2 is 0.889 bits per heavy atom. The summed E-state index contributed by atoms with van der Waals surface area (Å²) < 4.78 is 92.1. The Balaban J connectivity index is -0.0000000621. The van der Waals surface area contributed by atoms with Gasteiger partial charge >= 0.3 is 40.9 Å². The van der Waals surface area contributed by atoms with Gasteiger partial charge in [-0.15, -0.1) is 0 Å². The average Bonchev–Trinajstić information content (AvgIpc) is 1.76. The summed E-state index contributed by atoms with van der Waals surface area (Å²) >= 11 is -5.69. The van der Waals surface area contributed by atoms with E-state index in [0.717, 1.165) is 0 Å². The average molecular weight is 437 g/mol. The standard InChI is InChI=1S/HIO4.3H3N.H2O8S2/c2-1(3,4)5;;;;1-9(2,3)7-8-10(4,5)6/h2H;3*1H3;(H,1,2,3)(H,4,5,6). The highest BCUT2D eigenvalue weighted by Crippen LogP contribution is 1.92. The molecule has 0 aromatic heterocycles. The van der Waals surface area contributed by atoms with Crippen molar-refractivity contribution in [3.63, 3.8) is 0 Å². The molecule has 18 heteroatoms. The molecule has 0 rings (SSSR count). The SMILES string of the molecule is N.N.N.O=S(=O)(O)OOS(=O)(=O)O.[O-][I+3]([O-])([O-])O. The molecule has 0 spiro atoms. The molecule has 0 aliphatic heterocycles. The minimum Gasteiger partial charge on any atom is -0.344 e. The number of hydrogen-bond acceptors (Lipinski definition) is 13. The Kier molecular flexibility index (Phi) is 19.0. The van der Waals surface area contributed by atoms with E-state index in [1.165, 1.54) is 0 Å². The van der Waals surface area contributed by atoms with Gasteiger partial charge in [0.15, 0.2) is 0 Å². The molecule has 0 atom stereocenters. The van der Waals surface area contributed by atoms with Crippen LogP contribution in [0.1, 0.15) is 0 Å². The summed E-state index contributed by atoms with van der Waals surface area (Å²) in [6.07, 6.45) is 0. The zero-order chi connectivity index (χ0) is 12.9. The lowest BCUT2D eigenvalue weighted by Gasteiger charge is -1.93. The van der Waals surface area contributed by atoms with Crippen LogP contribution in [0.4, 0.5) is 0 Å². The smallest absolute Gasteiger partial charge is 0.344 e. The zero-order valence-corrected chi connectivity index (χ0v) is 12.1. The van der Waals surface area contributed by atoms with Crippen molar-refractivity contribution in [2.24, 2.45) is 0 Å². The number of rotatable bonds is 3. The maximum absolute atomic E-state index is 9.51. The molecule has 0 heterocycles.